The van der Waals surface area contributed by atoms with E-state index >= 15 is 0 Å². The Morgan fingerprint density at radius 3 is 3.11 bits per heavy atom. The molecule has 1 aliphatic heterocycles. The van der Waals surface area contributed by atoms with Crippen LogP contribution in [0.25, 0.3) is 0 Å². The van der Waals surface area contributed by atoms with Gasteiger partial charge in [-0.05, 0) is 18.4 Å². The summed E-state index contributed by atoms with van der Waals surface area (Å²) in [5, 5.41) is 4.96. The van der Waals surface area contributed by atoms with Gasteiger partial charge in [0.1, 0.15) is 0 Å². The maximum Gasteiger partial charge on any atom is 0.264 e. The number of nitrogens with zero attached hydrogens (tertiary/aromatic N) is 2. The Balaban J connectivity index is 1.87. The normalized spacial score (nSPS) is 19.6. The molecule has 100 valence electrons. The fraction of sp³-hybridized carbons (Fsp3) is 0.385. The van der Waals surface area contributed by atoms with Crippen LogP contribution in [-0.2, 0) is 4.74 Å². The number of aryl methyl sites for hydroxylation is 1. The number of thiophene rings is 1. The molecule has 1 aliphatic rings. The van der Waals surface area contributed by atoms with Gasteiger partial charge in [0.25, 0.3) is 5.91 Å². The lowest BCUT2D eigenvalue weighted by Crippen LogP contribution is -2.43. The first-order chi connectivity index (χ1) is 9.25. The lowest BCUT2D eigenvalue weighted by atomic mass is 10.1. The molecule has 3 heterocycles. The van der Waals surface area contributed by atoms with Crippen LogP contribution in [0.3, 0.4) is 0 Å². The van der Waals surface area contributed by atoms with Crippen molar-refractivity contribution in [2.75, 3.05) is 19.8 Å². The molecule has 0 spiro atoms. The third kappa shape index (κ3) is 2.56. The average Bonchev–Trinajstić information content (AvgIpc) is 3.09. The highest BCUT2D eigenvalue weighted by Crippen LogP contribution is 2.27. The van der Waals surface area contributed by atoms with Gasteiger partial charge in [-0.15, -0.1) is 22.7 Å². The van der Waals surface area contributed by atoms with Crippen LogP contribution in [-0.4, -0.2) is 35.5 Å². The van der Waals surface area contributed by atoms with E-state index in [0.29, 0.717) is 19.8 Å². The predicted octanol–water partition coefficient (Wildman–Crippen LogP) is 2.73. The van der Waals surface area contributed by atoms with Gasteiger partial charge in [0.05, 0.1) is 34.8 Å². The highest BCUT2D eigenvalue weighted by atomic mass is 32.1. The third-order valence-electron chi connectivity index (χ3n) is 3.10. The van der Waals surface area contributed by atoms with Gasteiger partial charge in [-0.3, -0.25) is 4.79 Å². The monoisotopic (exact) mass is 294 g/mol. The molecule has 2 aromatic heterocycles. The molecule has 0 unspecified atom stereocenters. The molecule has 2 aromatic rings. The minimum absolute atomic E-state index is 0.0618. The second-order valence-electron chi connectivity index (χ2n) is 4.36. The van der Waals surface area contributed by atoms with Gasteiger partial charge in [-0.2, -0.15) is 0 Å². The number of ether oxygens (including phenoxy) is 1. The van der Waals surface area contributed by atoms with E-state index in [0.717, 1.165) is 15.6 Å². The molecule has 0 radical (unpaired) electrons. The Labute approximate surface area is 119 Å². The number of thiazole rings is 1. The summed E-state index contributed by atoms with van der Waals surface area (Å²) >= 11 is 3.08. The number of morpholine rings is 1. The van der Waals surface area contributed by atoms with Gasteiger partial charge >= 0.3 is 0 Å². The van der Waals surface area contributed by atoms with Crippen LogP contribution in [0.2, 0.25) is 0 Å². The molecule has 1 amide bonds. The minimum Gasteiger partial charge on any atom is -0.377 e. The summed E-state index contributed by atoms with van der Waals surface area (Å²) in [5.74, 6) is 0.0777. The minimum atomic E-state index is -0.0618. The zero-order chi connectivity index (χ0) is 13.2. The zero-order valence-electron chi connectivity index (χ0n) is 10.5. The number of carbonyl (C=O) groups is 1. The summed E-state index contributed by atoms with van der Waals surface area (Å²) in [4.78, 5) is 19.7. The average molecular weight is 294 g/mol. The predicted molar refractivity (Wildman–Crippen MR) is 75.8 cm³/mol. The lowest BCUT2D eigenvalue weighted by molar-refractivity contribution is -0.00349. The number of carbonyl (C=O) groups excluding carboxylic acids is 1. The van der Waals surface area contributed by atoms with Crippen LogP contribution in [0.5, 0.6) is 0 Å². The second-order valence-corrected chi connectivity index (χ2v) is 6.37. The Hall–Kier alpha value is -1.24. The third-order valence-corrected chi connectivity index (χ3v) is 4.75. The summed E-state index contributed by atoms with van der Waals surface area (Å²) in [7, 11) is 0. The molecular formula is C13H14N2O2S2. The fourth-order valence-electron chi connectivity index (χ4n) is 2.17. The molecule has 1 atom stereocenters. The van der Waals surface area contributed by atoms with E-state index in [-0.39, 0.29) is 11.9 Å². The van der Waals surface area contributed by atoms with Crippen molar-refractivity contribution in [3.63, 3.8) is 0 Å². The van der Waals surface area contributed by atoms with Crippen molar-refractivity contribution in [3.8, 4) is 0 Å². The first-order valence-corrected chi connectivity index (χ1v) is 7.86. The van der Waals surface area contributed by atoms with E-state index in [1.54, 1.807) is 11.3 Å². The Morgan fingerprint density at radius 2 is 2.42 bits per heavy atom. The van der Waals surface area contributed by atoms with Gasteiger partial charge < -0.3 is 9.64 Å². The molecule has 0 aromatic carbocycles. The van der Waals surface area contributed by atoms with Gasteiger partial charge in [0.15, 0.2) is 0 Å². The summed E-state index contributed by atoms with van der Waals surface area (Å²) in [6, 6.07) is 3.71. The van der Waals surface area contributed by atoms with Crippen molar-refractivity contribution < 1.29 is 9.53 Å². The first-order valence-electron chi connectivity index (χ1n) is 6.10. The van der Waals surface area contributed by atoms with E-state index in [9.17, 15) is 4.79 Å². The van der Waals surface area contributed by atoms with Crippen LogP contribution >= 0.6 is 22.7 Å². The van der Waals surface area contributed by atoms with E-state index in [2.05, 4.69) is 4.98 Å². The Bertz CT molecular complexity index is 565. The van der Waals surface area contributed by atoms with Gasteiger partial charge in [-0.25, -0.2) is 4.98 Å². The molecular weight excluding hydrogens is 280 g/mol. The number of aromatic nitrogens is 1. The molecule has 0 saturated carbocycles. The number of hydrogen-bond donors (Lipinski definition) is 0. The van der Waals surface area contributed by atoms with Crippen LogP contribution < -0.4 is 0 Å². The molecule has 0 aliphatic carbocycles. The zero-order valence-corrected chi connectivity index (χ0v) is 12.2. The summed E-state index contributed by atoms with van der Waals surface area (Å²) < 4.78 is 5.52. The summed E-state index contributed by atoms with van der Waals surface area (Å²) in [6.45, 7) is 3.72. The first kappa shape index (κ1) is 12.8. The standard InChI is InChI=1S/C13H14N2O2S2/c1-9-14-10(8-19-9)11-7-17-5-4-15(11)13(16)12-3-2-6-18-12/h2-3,6,8,11H,4-5,7H2,1H3/t11-/m1/s1. The van der Waals surface area contributed by atoms with Gasteiger partial charge in [0.2, 0.25) is 0 Å². The smallest absolute Gasteiger partial charge is 0.264 e. The SMILES string of the molecule is Cc1nc([C@H]2COCCN2C(=O)c2cccs2)cs1. The van der Waals surface area contributed by atoms with E-state index in [1.165, 1.54) is 11.3 Å². The number of rotatable bonds is 2. The van der Waals surface area contributed by atoms with E-state index in [1.807, 2.05) is 34.7 Å². The van der Waals surface area contributed by atoms with Crippen molar-refractivity contribution in [1.29, 1.82) is 0 Å². The molecule has 6 heteroatoms. The van der Waals surface area contributed by atoms with Crippen molar-refractivity contribution in [2.24, 2.45) is 0 Å². The van der Waals surface area contributed by atoms with Crippen molar-refractivity contribution in [3.05, 3.63) is 38.5 Å². The summed E-state index contributed by atoms with van der Waals surface area (Å²) in [5.41, 5.74) is 0.937. The second kappa shape index (κ2) is 5.40. The fourth-order valence-corrected chi connectivity index (χ4v) is 3.50. The molecule has 1 fully saturated rings. The Morgan fingerprint density at radius 1 is 1.53 bits per heavy atom. The van der Waals surface area contributed by atoms with Crippen LogP contribution in [0.4, 0.5) is 0 Å². The van der Waals surface area contributed by atoms with Crippen LogP contribution in [0.1, 0.15) is 26.4 Å². The van der Waals surface area contributed by atoms with Crippen molar-refractivity contribution >= 4 is 28.6 Å². The quantitative estimate of drug-likeness (QED) is 0.855. The topological polar surface area (TPSA) is 42.4 Å². The lowest BCUT2D eigenvalue weighted by Gasteiger charge is -2.34. The van der Waals surface area contributed by atoms with E-state index < -0.39 is 0 Å². The van der Waals surface area contributed by atoms with Gasteiger partial charge in [-0.1, -0.05) is 6.07 Å². The maximum absolute atomic E-state index is 12.5. The number of hydrogen-bond acceptors (Lipinski definition) is 5. The van der Waals surface area contributed by atoms with Gasteiger partial charge in [0, 0.05) is 11.9 Å². The highest BCUT2D eigenvalue weighted by Gasteiger charge is 2.31. The molecule has 0 bridgehead atoms. The van der Waals surface area contributed by atoms with Crippen LogP contribution in [0, 0.1) is 6.92 Å². The molecule has 0 N–H and O–H groups in total. The summed E-state index contributed by atoms with van der Waals surface area (Å²) in [6.07, 6.45) is 0. The molecule has 4 nitrogen and oxygen atoms in total. The molecule has 19 heavy (non-hydrogen) atoms. The molecule has 1 saturated heterocycles. The number of amides is 1. The van der Waals surface area contributed by atoms with Crippen LogP contribution in [0.15, 0.2) is 22.9 Å². The largest absolute Gasteiger partial charge is 0.377 e. The van der Waals surface area contributed by atoms with E-state index in [4.69, 9.17) is 4.74 Å². The Kier molecular flexibility index (Phi) is 3.63. The molecule has 3 rings (SSSR count). The highest BCUT2D eigenvalue weighted by molar-refractivity contribution is 7.12. The van der Waals surface area contributed by atoms with Crippen molar-refractivity contribution in [2.45, 2.75) is 13.0 Å². The maximum atomic E-state index is 12.5. The van der Waals surface area contributed by atoms with Crippen molar-refractivity contribution in [1.82, 2.24) is 9.88 Å².